The smallest absolute Gasteiger partial charge is 0.218 e. The molecule has 0 unspecified atom stereocenters. The topological polar surface area (TPSA) is 131 Å². The third-order valence-electron chi connectivity index (χ3n) is 0.818. The van der Waals surface area contributed by atoms with Crippen LogP contribution in [0.4, 0.5) is 0 Å². The number of amides is 1. The van der Waals surface area contributed by atoms with Gasteiger partial charge >= 0.3 is 0 Å². The number of carbonyl (C=O) groups excluding carboxylic acids is 1. The van der Waals surface area contributed by atoms with E-state index in [1.807, 2.05) is 0 Å². The van der Waals surface area contributed by atoms with Crippen LogP contribution in [0.3, 0.4) is 0 Å². The Balaban J connectivity index is 3.59. The van der Waals surface area contributed by atoms with E-state index in [-0.39, 0.29) is 17.5 Å². The largest absolute Gasteiger partial charge is 0.370 e. The third-order valence-corrected chi connectivity index (χ3v) is 1.59. The number of nitrogens with two attached hydrogens (primary N) is 3. The number of hydrogen-bond acceptors (Lipinski definition) is 3. The van der Waals surface area contributed by atoms with E-state index in [1.165, 1.54) is 0 Å². The number of primary amides is 1. The van der Waals surface area contributed by atoms with Gasteiger partial charge in [-0.1, -0.05) is 11.8 Å². The van der Waals surface area contributed by atoms with Gasteiger partial charge in [0.1, 0.15) is 0 Å². The highest BCUT2D eigenvalue weighted by atomic mass is 32.2. The Morgan fingerprint density at radius 2 is 2.00 bits per heavy atom. The van der Waals surface area contributed by atoms with Gasteiger partial charge in [-0.3, -0.25) is 10.2 Å². The zero-order chi connectivity index (χ0) is 9.56. The van der Waals surface area contributed by atoms with Crippen LogP contribution in [0.25, 0.3) is 0 Å². The molecule has 0 rings (SSSR count). The molecule has 0 spiro atoms. The van der Waals surface area contributed by atoms with E-state index in [4.69, 9.17) is 22.6 Å². The summed E-state index contributed by atoms with van der Waals surface area (Å²) in [6.07, 6.45) is 0.215. The lowest BCUT2D eigenvalue weighted by atomic mass is 10.5. The summed E-state index contributed by atoms with van der Waals surface area (Å²) >= 11 is 1.07. The Bertz CT molecular complexity index is 210. The van der Waals surface area contributed by atoms with Gasteiger partial charge in [-0.05, 0) is 0 Å². The number of guanidine groups is 1. The van der Waals surface area contributed by atoms with Gasteiger partial charge in [-0.25, -0.2) is 0 Å². The summed E-state index contributed by atoms with van der Waals surface area (Å²) in [5.41, 5.74) is 14.9. The number of amidine groups is 1. The van der Waals surface area contributed by atoms with E-state index < -0.39 is 5.91 Å². The molecule has 6 nitrogen and oxygen atoms in total. The summed E-state index contributed by atoms with van der Waals surface area (Å²) in [5, 5.41) is 7.11. The van der Waals surface area contributed by atoms with Crippen molar-refractivity contribution in [3.8, 4) is 0 Å². The van der Waals surface area contributed by atoms with Gasteiger partial charge in [0.15, 0.2) is 11.1 Å². The lowest BCUT2D eigenvalue weighted by Crippen LogP contribution is -2.23. The second kappa shape index (κ2) is 5.42. The number of aliphatic imine (C=N–C) groups is 1. The normalized spacial score (nSPS) is 9.00. The highest BCUT2D eigenvalue weighted by molar-refractivity contribution is 8.13. The zero-order valence-electron chi connectivity index (χ0n) is 6.41. The molecule has 0 aliphatic carbocycles. The highest BCUT2D eigenvalue weighted by Gasteiger charge is 1.98. The number of nitrogens with one attached hydrogen (secondary N) is 1. The molecule has 0 saturated carbocycles. The molecule has 1 amide bonds. The first-order chi connectivity index (χ1) is 5.52. The van der Waals surface area contributed by atoms with Crippen molar-refractivity contribution < 1.29 is 4.79 Å². The van der Waals surface area contributed by atoms with Crippen molar-refractivity contribution in [1.82, 2.24) is 0 Å². The van der Waals surface area contributed by atoms with Crippen LogP contribution in [-0.4, -0.2) is 22.8 Å². The summed E-state index contributed by atoms with van der Waals surface area (Å²) in [7, 11) is 0. The summed E-state index contributed by atoms with van der Waals surface area (Å²) in [6.45, 7) is 0. The Hall–Kier alpha value is -1.24. The molecular formula is C5H11N5OS. The summed E-state index contributed by atoms with van der Waals surface area (Å²) in [4.78, 5) is 13.7. The molecule has 0 aromatic rings. The Morgan fingerprint density at radius 1 is 1.42 bits per heavy atom. The van der Waals surface area contributed by atoms with Gasteiger partial charge in [0.25, 0.3) is 0 Å². The van der Waals surface area contributed by atoms with Crippen LogP contribution >= 0.6 is 11.8 Å². The second-order valence-electron chi connectivity index (χ2n) is 1.91. The molecule has 0 aromatic heterocycles. The van der Waals surface area contributed by atoms with Crippen molar-refractivity contribution in [2.75, 3.05) is 5.75 Å². The molecule has 0 bridgehead atoms. The average molecular weight is 189 g/mol. The number of nitrogens with zero attached hydrogens (tertiary/aromatic N) is 1. The monoisotopic (exact) mass is 189 g/mol. The minimum atomic E-state index is -0.403. The summed E-state index contributed by atoms with van der Waals surface area (Å²) < 4.78 is 0. The van der Waals surface area contributed by atoms with Gasteiger partial charge in [-0.2, -0.15) is 4.99 Å². The average Bonchev–Trinajstić information content (AvgIpc) is 1.84. The van der Waals surface area contributed by atoms with Crippen molar-refractivity contribution >= 4 is 28.8 Å². The standard InChI is InChI=1S/C5H11N5OS/c6-3(11)1-2-12-5(9)10-4(7)8/h1-2H2,(H2,6,11)(H5,7,8,9,10). The zero-order valence-corrected chi connectivity index (χ0v) is 7.23. The summed E-state index contributed by atoms with van der Waals surface area (Å²) in [6, 6.07) is 0. The van der Waals surface area contributed by atoms with E-state index in [0.29, 0.717) is 5.75 Å². The van der Waals surface area contributed by atoms with Crippen molar-refractivity contribution in [2.24, 2.45) is 22.2 Å². The molecule has 12 heavy (non-hydrogen) atoms. The van der Waals surface area contributed by atoms with Crippen LogP contribution in [0, 0.1) is 5.41 Å². The lowest BCUT2D eigenvalue weighted by Gasteiger charge is -1.96. The first kappa shape index (κ1) is 10.8. The highest BCUT2D eigenvalue weighted by Crippen LogP contribution is 2.04. The van der Waals surface area contributed by atoms with Crippen LogP contribution in [-0.2, 0) is 4.79 Å². The minimum Gasteiger partial charge on any atom is -0.370 e. The maximum Gasteiger partial charge on any atom is 0.218 e. The Kier molecular flexibility index (Phi) is 4.86. The van der Waals surface area contributed by atoms with Gasteiger partial charge in [-0.15, -0.1) is 0 Å². The van der Waals surface area contributed by atoms with Crippen LogP contribution in [0.5, 0.6) is 0 Å². The molecule has 0 saturated heterocycles. The fourth-order valence-electron chi connectivity index (χ4n) is 0.398. The van der Waals surface area contributed by atoms with Gasteiger partial charge in [0.05, 0.1) is 0 Å². The molecule has 0 heterocycles. The quantitative estimate of drug-likeness (QED) is 0.328. The van der Waals surface area contributed by atoms with Crippen molar-refractivity contribution in [2.45, 2.75) is 6.42 Å². The molecule has 0 radical (unpaired) electrons. The fourth-order valence-corrected chi connectivity index (χ4v) is 1.06. The van der Waals surface area contributed by atoms with E-state index >= 15 is 0 Å². The van der Waals surface area contributed by atoms with E-state index in [0.717, 1.165) is 11.8 Å². The number of rotatable bonds is 3. The van der Waals surface area contributed by atoms with Crippen molar-refractivity contribution in [3.05, 3.63) is 0 Å². The fraction of sp³-hybridized carbons (Fsp3) is 0.400. The van der Waals surface area contributed by atoms with E-state index in [1.54, 1.807) is 0 Å². The molecule has 0 aromatic carbocycles. The van der Waals surface area contributed by atoms with Gasteiger partial charge in [0.2, 0.25) is 5.91 Å². The van der Waals surface area contributed by atoms with Crippen LogP contribution in [0.2, 0.25) is 0 Å². The van der Waals surface area contributed by atoms with Crippen LogP contribution in [0.1, 0.15) is 6.42 Å². The van der Waals surface area contributed by atoms with Crippen molar-refractivity contribution in [3.63, 3.8) is 0 Å². The minimum absolute atomic E-state index is 0.0174. The van der Waals surface area contributed by atoms with E-state index in [9.17, 15) is 4.79 Å². The predicted octanol–water partition coefficient (Wildman–Crippen LogP) is -1.20. The van der Waals surface area contributed by atoms with Crippen LogP contribution < -0.4 is 17.2 Å². The first-order valence-corrected chi connectivity index (χ1v) is 4.10. The molecule has 7 N–H and O–H groups in total. The number of carbonyl (C=O) groups is 1. The first-order valence-electron chi connectivity index (χ1n) is 3.11. The molecule has 0 atom stereocenters. The molecule has 0 aliphatic heterocycles. The lowest BCUT2D eigenvalue weighted by molar-refractivity contribution is -0.117. The molecule has 0 fully saturated rings. The summed E-state index contributed by atoms with van der Waals surface area (Å²) in [5.74, 6) is -0.142. The van der Waals surface area contributed by atoms with E-state index in [2.05, 4.69) is 4.99 Å². The van der Waals surface area contributed by atoms with Crippen LogP contribution in [0.15, 0.2) is 4.99 Å². The van der Waals surface area contributed by atoms with Gasteiger partial charge < -0.3 is 17.2 Å². The molecule has 0 aliphatic rings. The maximum absolute atomic E-state index is 10.3. The Morgan fingerprint density at radius 3 is 2.42 bits per heavy atom. The number of thioether (sulfide) groups is 1. The second-order valence-corrected chi connectivity index (χ2v) is 2.99. The molecular weight excluding hydrogens is 178 g/mol. The third kappa shape index (κ3) is 6.87. The number of hydrogen-bond donors (Lipinski definition) is 4. The SMILES string of the molecule is N=C(N=C(N)N)SCCC(N)=O. The maximum atomic E-state index is 10.3. The molecule has 7 heteroatoms. The van der Waals surface area contributed by atoms with Crippen molar-refractivity contribution in [1.29, 1.82) is 5.41 Å². The van der Waals surface area contributed by atoms with Gasteiger partial charge in [0, 0.05) is 12.2 Å². The predicted molar refractivity (Wildman–Crippen MR) is 49.8 cm³/mol. The Labute approximate surface area is 74.1 Å². The molecule has 68 valence electrons.